The van der Waals surface area contributed by atoms with Crippen LogP contribution in [-0.2, 0) is 6.42 Å². The van der Waals surface area contributed by atoms with E-state index in [0.717, 1.165) is 5.56 Å². The first kappa shape index (κ1) is 19.3. The van der Waals surface area contributed by atoms with Crippen molar-refractivity contribution in [3.05, 3.63) is 50.8 Å². The van der Waals surface area contributed by atoms with Crippen molar-refractivity contribution in [3.8, 4) is 17.2 Å². The molecule has 25 heavy (non-hydrogen) atoms. The van der Waals surface area contributed by atoms with Crippen LogP contribution in [-0.4, -0.2) is 33.8 Å². The first-order chi connectivity index (χ1) is 12.0. The largest absolute Gasteiger partial charge is 0.496 e. The van der Waals surface area contributed by atoms with Gasteiger partial charge in [0.2, 0.25) is 0 Å². The van der Waals surface area contributed by atoms with Crippen LogP contribution in [0.25, 0.3) is 0 Å². The molecule has 0 aliphatic heterocycles. The second-order valence-electron chi connectivity index (χ2n) is 5.14. The van der Waals surface area contributed by atoms with Gasteiger partial charge in [-0.15, -0.1) is 0 Å². The highest BCUT2D eigenvalue weighted by Gasteiger charge is 2.15. The standard InChI is InChI=1S/C18H19FINO4/c1-23-12-9-16(24-2)14(17(10-12)25-3)6-7-21-18(22)13-5-4-11(19)8-15(13)20/h4-5,8-10H,6-7H2,1-3H3,(H,21,22). The van der Waals surface area contributed by atoms with Crippen molar-refractivity contribution >= 4 is 28.5 Å². The molecule has 0 saturated heterocycles. The lowest BCUT2D eigenvalue weighted by molar-refractivity contribution is 0.0953. The molecule has 5 nitrogen and oxygen atoms in total. The predicted octanol–water partition coefficient (Wildman–Crippen LogP) is 3.43. The summed E-state index contributed by atoms with van der Waals surface area (Å²) < 4.78 is 29.7. The highest BCUT2D eigenvalue weighted by Crippen LogP contribution is 2.34. The fraction of sp³-hybridized carbons (Fsp3) is 0.278. The van der Waals surface area contributed by atoms with Gasteiger partial charge < -0.3 is 19.5 Å². The maximum absolute atomic E-state index is 13.1. The molecule has 134 valence electrons. The van der Waals surface area contributed by atoms with Crippen LogP contribution < -0.4 is 19.5 Å². The average Bonchev–Trinajstić information content (AvgIpc) is 2.61. The molecule has 1 amide bonds. The van der Waals surface area contributed by atoms with E-state index in [1.165, 1.54) is 18.2 Å². The van der Waals surface area contributed by atoms with Crippen molar-refractivity contribution < 1.29 is 23.4 Å². The number of hydrogen-bond donors (Lipinski definition) is 1. The molecule has 0 radical (unpaired) electrons. The summed E-state index contributed by atoms with van der Waals surface area (Å²) in [6, 6.07) is 7.60. The Balaban J connectivity index is 2.09. The van der Waals surface area contributed by atoms with E-state index in [4.69, 9.17) is 14.2 Å². The fourth-order valence-corrected chi connectivity index (χ4v) is 3.12. The third-order valence-electron chi connectivity index (χ3n) is 3.65. The smallest absolute Gasteiger partial charge is 0.252 e. The van der Waals surface area contributed by atoms with E-state index in [1.807, 2.05) is 22.6 Å². The molecule has 0 heterocycles. The van der Waals surface area contributed by atoms with Gasteiger partial charge in [-0.05, 0) is 47.2 Å². The maximum Gasteiger partial charge on any atom is 0.252 e. The lowest BCUT2D eigenvalue weighted by Gasteiger charge is -2.15. The zero-order valence-electron chi connectivity index (χ0n) is 14.2. The Kier molecular flexibility index (Phi) is 6.86. The number of carbonyl (C=O) groups is 1. The Morgan fingerprint density at radius 1 is 1.08 bits per heavy atom. The number of benzene rings is 2. The van der Waals surface area contributed by atoms with Crippen molar-refractivity contribution in [2.24, 2.45) is 0 Å². The van der Waals surface area contributed by atoms with Gasteiger partial charge in [0.1, 0.15) is 23.1 Å². The SMILES string of the molecule is COc1cc(OC)c(CCNC(=O)c2ccc(F)cc2I)c(OC)c1. The van der Waals surface area contributed by atoms with Gasteiger partial charge in [0.05, 0.1) is 26.9 Å². The van der Waals surface area contributed by atoms with E-state index < -0.39 is 0 Å². The molecule has 7 heteroatoms. The Bertz CT molecular complexity index is 742. The molecule has 0 spiro atoms. The van der Waals surface area contributed by atoms with Crippen molar-refractivity contribution in [2.45, 2.75) is 6.42 Å². The summed E-state index contributed by atoms with van der Waals surface area (Å²) in [5.74, 6) is 1.26. The topological polar surface area (TPSA) is 56.8 Å². The summed E-state index contributed by atoms with van der Waals surface area (Å²) in [5, 5.41) is 2.83. The van der Waals surface area contributed by atoms with Crippen LogP contribution in [0.2, 0.25) is 0 Å². The number of halogens is 2. The van der Waals surface area contributed by atoms with Crippen molar-refractivity contribution in [1.29, 1.82) is 0 Å². The highest BCUT2D eigenvalue weighted by atomic mass is 127. The van der Waals surface area contributed by atoms with Crippen molar-refractivity contribution in [1.82, 2.24) is 5.32 Å². The van der Waals surface area contributed by atoms with E-state index in [1.54, 1.807) is 33.5 Å². The molecular formula is C18H19FINO4. The quantitative estimate of drug-likeness (QED) is 0.645. The summed E-state index contributed by atoms with van der Waals surface area (Å²) >= 11 is 1.94. The highest BCUT2D eigenvalue weighted by molar-refractivity contribution is 14.1. The number of rotatable bonds is 7. The van der Waals surface area contributed by atoms with E-state index >= 15 is 0 Å². The van der Waals surface area contributed by atoms with Crippen molar-refractivity contribution in [2.75, 3.05) is 27.9 Å². The number of ether oxygens (including phenoxy) is 3. The van der Waals surface area contributed by atoms with Crippen LogP contribution in [0.3, 0.4) is 0 Å². The average molecular weight is 459 g/mol. The summed E-state index contributed by atoms with van der Waals surface area (Å²) in [7, 11) is 4.70. The van der Waals surface area contributed by atoms with Gasteiger partial charge in [0.25, 0.3) is 5.91 Å². The van der Waals surface area contributed by atoms with Crippen LogP contribution >= 0.6 is 22.6 Å². The van der Waals surface area contributed by atoms with Gasteiger partial charge in [-0.3, -0.25) is 4.79 Å². The Morgan fingerprint density at radius 3 is 2.24 bits per heavy atom. The zero-order chi connectivity index (χ0) is 18.4. The molecule has 0 atom stereocenters. The fourth-order valence-electron chi connectivity index (χ4n) is 2.39. The third kappa shape index (κ3) is 4.75. The molecular weight excluding hydrogens is 440 g/mol. The molecule has 0 fully saturated rings. The first-order valence-corrected chi connectivity index (χ1v) is 8.60. The van der Waals surface area contributed by atoms with Crippen LogP contribution in [0.4, 0.5) is 4.39 Å². The minimum Gasteiger partial charge on any atom is -0.496 e. The van der Waals surface area contributed by atoms with E-state index in [2.05, 4.69) is 5.32 Å². The van der Waals surface area contributed by atoms with Crippen LogP contribution in [0.5, 0.6) is 17.2 Å². The molecule has 2 aromatic carbocycles. The zero-order valence-corrected chi connectivity index (χ0v) is 16.3. The lowest BCUT2D eigenvalue weighted by Crippen LogP contribution is -2.26. The Morgan fingerprint density at radius 2 is 1.72 bits per heavy atom. The number of amides is 1. The lowest BCUT2D eigenvalue weighted by atomic mass is 10.1. The first-order valence-electron chi connectivity index (χ1n) is 7.52. The molecule has 2 rings (SSSR count). The number of nitrogens with one attached hydrogen (secondary N) is 1. The van der Waals surface area contributed by atoms with Gasteiger partial charge in [-0.25, -0.2) is 4.39 Å². The molecule has 2 aromatic rings. The Labute approximate surface area is 159 Å². The molecule has 0 aliphatic carbocycles. The summed E-state index contributed by atoms with van der Waals surface area (Å²) in [4.78, 5) is 12.3. The van der Waals surface area contributed by atoms with Gasteiger partial charge >= 0.3 is 0 Å². The number of methoxy groups -OCH3 is 3. The van der Waals surface area contributed by atoms with Crippen molar-refractivity contribution in [3.63, 3.8) is 0 Å². The third-order valence-corrected chi connectivity index (χ3v) is 4.55. The number of carbonyl (C=O) groups excluding carboxylic acids is 1. The van der Waals surface area contributed by atoms with E-state index in [-0.39, 0.29) is 11.7 Å². The second-order valence-corrected chi connectivity index (χ2v) is 6.30. The molecule has 0 aromatic heterocycles. The van der Waals surface area contributed by atoms with Gasteiger partial charge in [0.15, 0.2) is 0 Å². The molecule has 0 aliphatic rings. The predicted molar refractivity (Wildman–Crippen MR) is 101 cm³/mol. The Hall–Kier alpha value is -2.03. The van der Waals surface area contributed by atoms with Gasteiger partial charge in [0, 0.05) is 27.8 Å². The maximum atomic E-state index is 13.1. The van der Waals surface area contributed by atoms with Crippen LogP contribution in [0.1, 0.15) is 15.9 Å². The van der Waals surface area contributed by atoms with E-state index in [0.29, 0.717) is 39.3 Å². The van der Waals surface area contributed by atoms with Gasteiger partial charge in [-0.1, -0.05) is 0 Å². The summed E-state index contributed by atoms with van der Waals surface area (Å²) in [6.07, 6.45) is 0.514. The summed E-state index contributed by atoms with van der Waals surface area (Å²) in [6.45, 7) is 0.380. The molecule has 1 N–H and O–H groups in total. The van der Waals surface area contributed by atoms with Crippen LogP contribution in [0.15, 0.2) is 30.3 Å². The molecule has 0 unspecified atom stereocenters. The normalized spacial score (nSPS) is 10.3. The number of hydrogen-bond acceptors (Lipinski definition) is 4. The minimum atomic E-state index is -0.367. The summed E-state index contributed by atoms with van der Waals surface area (Å²) in [5.41, 5.74) is 1.27. The molecule has 0 bridgehead atoms. The van der Waals surface area contributed by atoms with Crippen LogP contribution in [0, 0.1) is 9.39 Å². The van der Waals surface area contributed by atoms with E-state index in [9.17, 15) is 9.18 Å². The second kappa shape index (κ2) is 8.89. The molecule has 0 saturated carbocycles. The minimum absolute atomic E-state index is 0.254. The monoisotopic (exact) mass is 459 g/mol. The van der Waals surface area contributed by atoms with Gasteiger partial charge in [-0.2, -0.15) is 0 Å².